The van der Waals surface area contributed by atoms with Crippen LogP contribution in [0.15, 0.2) is 30.5 Å². The summed E-state index contributed by atoms with van der Waals surface area (Å²) in [6, 6.07) is 7.31. The Morgan fingerprint density at radius 1 is 1.37 bits per heavy atom. The smallest absolute Gasteiger partial charge is 0.220 e. The zero-order chi connectivity index (χ0) is 14.0. The molecule has 5 nitrogen and oxygen atoms in total. The molecule has 19 heavy (non-hydrogen) atoms. The van der Waals surface area contributed by atoms with Gasteiger partial charge in [0.1, 0.15) is 6.10 Å². The Morgan fingerprint density at radius 2 is 2.11 bits per heavy atom. The van der Waals surface area contributed by atoms with Gasteiger partial charge in [-0.15, -0.1) is 0 Å². The normalized spacial score (nSPS) is 14.3. The summed E-state index contributed by atoms with van der Waals surface area (Å²) in [4.78, 5) is 15.0. The van der Waals surface area contributed by atoms with Crippen molar-refractivity contribution in [1.29, 1.82) is 0 Å². The van der Waals surface area contributed by atoms with Crippen LogP contribution in [0.5, 0.6) is 0 Å². The largest absolute Gasteiger partial charge is 0.390 e. The first kappa shape index (κ1) is 13.5. The van der Waals surface area contributed by atoms with Gasteiger partial charge in [-0.05, 0) is 24.1 Å². The van der Waals surface area contributed by atoms with Crippen LogP contribution in [0.25, 0.3) is 10.9 Å². The number of nitrogens with zero attached hydrogens (tertiary/aromatic N) is 1. The molecule has 4 N–H and O–H groups in total. The number of amides is 1. The lowest BCUT2D eigenvalue weighted by Crippen LogP contribution is -2.26. The Morgan fingerprint density at radius 3 is 2.79 bits per heavy atom. The number of pyridine rings is 1. The number of rotatable bonds is 4. The average Bonchev–Trinajstić information content (AvgIpc) is 2.38. The molecule has 1 aromatic heterocycles. The van der Waals surface area contributed by atoms with E-state index < -0.39 is 18.1 Å². The van der Waals surface area contributed by atoms with Gasteiger partial charge in [-0.3, -0.25) is 9.78 Å². The van der Waals surface area contributed by atoms with E-state index in [4.69, 9.17) is 5.73 Å². The highest BCUT2D eigenvalue weighted by Gasteiger charge is 2.22. The van der Waals surface area contributed by atoms with Crippen LogP contribution in [0.4, 0.5) is 0 Å². The molecule has 0 aliphatic heterocycles. The molecule has 2 aromatic rings. The number of hydrogen-bond donors (Lipinski definition) is 3. The molecule has 0 spiro atoms. The quantitative estimate of drug-likeness (QED) is 0.758. The van der Waals surface area contributed by atoms with Gasteiger partial charge >= 0.3 is 0 Å². The fourth-order valence-corrected chi connectivity index (χ4v) is 2.15. The minimum atomic E-state index is -1.21. The Labute approximate surface area is 110 Å². The lowest BCUT2D eigenvalue weighted by Gasteiger charge is -2.19. The minimum Gasteiger partial charge on any atom is -0.390 e. The molecule has 1 amide bonds. The van der Waals surface area contributed by atoms with Crippen LogP contribution in [-0.4, -0.2) is 27.2 Å². The zero-order valence-corrected chi connectivity index (χ0v) is 10.6. The van der Waals surface area contributed by atoms with Crippen molar-refractivity contribution in [3.05, 3.63) is 41.6 Å². The van der Waals surface area contributed by atoms with Crippen molar-refractivity contribution in [3.63, 3.8) is 0 Å². The third-order valence-electron chi connectivity index (χ3n) is 3.16. The van der Waals surface area contributed by atoms with Gasteiger partial charge < -0.3 is 15.9 Å². The van der Waals surface area contributed by atoms with Crippen molar-refractivity contribution in [2.45, 2.75) is 25.6 Å². The average molecular weight is 260 g/mol. The number of fused-ring (bicyclic) bond motifs is 1. The highest BCUT2D eigenvalue weighted by molar-refractivity contribution is 5.82. The predicted octanol–water partition coefficient (Wildman–Crippen LogP) is 0.813. The van der Waals surface area contributed by atoms with Crippen LogP contribution in [0.1, 0.15) is 23.7 Å². The van der Waals surface area contributed by atoms with Gasteiger partial charge in [0.25, 0.3) is 0 Å². The van der Waals surface area contributed by atoms with Crippen LogP contribution < -0.4 is 5.73 Å². The topological polar surface area (TPSA) is 96.4 Å². The molecule has 5 heteroatoms. The highest BCUT2D eigenvalue weighted by Crippen LogP contribution is 2.27. The molecule has 2 unspecified atom stereocenters. The number of benzene rings is 1. The van der Waals surface area contributed by atoms with Crippen molar-refractivity contribution in [1.82, 2.24) is 4.98 Å². The summed E-state index contributed by atoms with van der Waals surface area (Å²) in [7, 11) is 0. The van der Waals surface area contributed by atoms with E-state index in [1.807, 2.05) is 25.1 Å². The van der Waals surface area contributed by atoms with Crippen LogP contribution in [0.2, 0.25) is 0 Å². The number of aliphatic hydroxyl groups is 2. The van der Waals surface area contributed by atoms with E-state index in [1.54, 1.807) is 12.3 Å². The van der Waals surface area contributed by atoms with Crippen LogP contribution in [-0.2, 0) is 4.79 Å². The SMILES string of the molecule is Cc1c(C(O)C(O)CC(N)=O)ccc2cccnc12. The van der Waals surface area contributed by atoms with Crippen molar-refractivity contribution in [3.8, 4) is 0 Å². The molecule has 2 rings (SSSR count). The second-order valence-corrected chi connectivity index (χ2v) is 4.54. The second-order valence-electron chi connectivity index (χ2n) is 4.54. The summed E-state index contributed by atoms with van der Waals surface area (Å²) >= 11 is 0. The summed E-state index contributed by atoms with van der Waals surface area (Å²) in [6.45, 7) is 1.82. The minimum absolute atomic E-state index is 0.277. The Hall–Kier alpha value is -1.98. The molecule has 0 saturated heterocycles. The maximum atomic E-state index is 10.8. The fraction of sp³-hybridized carbons (Fsp3) is 0.286. The first-order valence-corrected chi connectivity index (χ1v) is 5.99. The lowest BCUT2D eigenvalue weighted by molar-refractivity contribution is -0.121. The molecular formula is C14H16N2O3. The van der Waals surface area contributed by atoms with Crippen molar-refractivity contribution < 1.29 is 15.0 Å². The number of nitrogens with two attached hydrogens (primary N) is 1. The molecule has 0 fully saturated rings. The van der Waals surface area contributed by atoms with E-state index in [-0.39, 0.29) is 6.42 Å². The van der Waals surface area contributed by atoms with E-state index in [9.17, 15) is 15.0 Å². The number of carbonyl (C=O) groups is 1. The third-order valence-corrected chi connectivity index (χ3v) is 3.16. The molecule has 0 radical (unpaired) electrons. The van der Waals surface area contributed by atoms with Gasteiger partial charge in [-0.1, -0.05) is 18.2 Å². The van der Waals surface area contributed by atoms with Crippen molar-refractivity contribution in [2.24, 2.45) is 5.73 Å². The molecule has 0 saturated carbocycles. The Bertz CT molecular complexity index is 613. The fourth-order valence-electron chi connectivity index (χ4n) is 2.15. The van der Waals surface area contributed by atoms with E-state index in [2.05, 4.69) is 4.98 Å². The molecule has 0 aliphatic rings. The summed E-state index contributed by atoms with van der Waals surface area (Å²) in [5, 5.41) is 20.8. The first-order chi connectivity index (χ1) is 9.00. The van der Waals surface area contributed by atoms with E-state index in [0.29, 0.717) is 5.56 Å². The summed E-state index contributed by atoms with van der Waals surface area (Å²) in [5.74, 6) is -0.650. The van der Waals surface area contributed by atoms with Gasteiger partial charge in [-0.25, -0.2) is 0 Å². The summed E-state index contributed by atoms with van der Waals surface area (Å²) in [6.07, 6.45) is -0.970. The first-order valence-electron chi connectivity index (χ1n) is 5.99. The molecule has 0 bridgehead atoms. The second kappa shape index (κ2) is 5.34. The van der Waals surface area contributed by atoms with Crippen molar-refractivity contribution >= 4 is 16.8 Å². The summed E-state index contributed by atoms with van der Waals surface area (Å²) in [5.41, 5.74) is 7.13. The maximum Gasteiger partial charge on any atom is 0.220 e. The van der Waals surface area contributed by atoms with Gasteiger partial charge in [0.15, 0.2) is 0 Å². The van der Waals surface area contributed by atoms with E-state index in [0.717, 1.165) is 16.5 Å². The van der Waals surface area contributed by atoms with Gasteiger partial charge in [0.2, 0.25) is 5.91 Å². The number of aliphatic hydroxyl groups excluding tert-OH is 2. The van der Waals surface area contributed by atoms with E-state index in [1.165, 1.54) is 0 Å². The standard InChI is InChI=1S/C14H16N2O3/c1-8-10(14(19)11(17)7-12(15)18)5-4-9-3-2-6-16-13(8)9/h2-6,11,14,17,19H,7H2,1H3,(H2,15,18). The molecule has 1 aromatic carbocycles. The monoisotopic (exact) mass is 260 g/mol. The Balaban J connectivity index is 2.39. The molecule has 0 aliphatic carbocycles. The van der Waals surface area contributed by atoms with Crippen LogP contribution in [0, 0.1) is 6.92 Å². The van der Waals surface area contributed by atoms with Crippen LogP contribution in [0.3, 0.4) is 0 Å². The molecule has 2 atom stereocenters. The number of hydrogen-bond acceptors (Lipinski definition) is 4. The lowest BCUT2D eigenvalue weighted by atomic mass is 9.95. The predicted molar refractivity (Wildman–Crippen MR) is 71.3 cm³/mol. The highest BCUT2D eigenvalue weighted by atomic mass is 16.3. The van der Waals surface area contributed by atoms with Gasteiger partial charge in [-0.2, -0.15) is 0 Å². The molecule has 1 heterocycles. The Kier molecular flexibility index (Phi) is 3.78. The van der Waals surface area contributed by atoms with Crippen molar-refractivity contribution in [2.75, 3.05) is 0 Å². The summed E-state index contributed by atoms with van der Waals surface area (Å²) < 4.78 is 0. The third kappa shape index (κ3) is 2.72. The number of aryl methyl sites for hydroxylation is 1. The molecule has 100 valence electrons. The maximum absolute atomic E-state index is 10.8. The number of aromatic nitrogens is 1. The number of carbonyl (C=O) groups excluding carboxylic acids is 1. The van der Waals surface area contributed by atoms with Crippen LogP contribution >= 0.6 is 0 Å². The molecular weight excluding hydrogens is 244 g/mol. The van der Waals surface area contributed by atoms with E-state index >= 15 is 0 Å². The number of primary amides is 1. The zero-order valence-electron chi connectivity index (χ0n) is 10.6. The van der Waals surface area contributed by atoms with Gasteiger partial charge in [0.05, 0.1) is 18.0 Å². The van der Waals surface area contributed by atoms with Gasteiger partial charge in [0, 0.05) is 11.6 Å².